The van der Waals surface area contributed by atoms with Crippen LogP contribution >= 0.6 is 11.6 Å². The number of rotatable bonds is 7. The fourth-order valence-corrected chi connectivity index (χ4v) is 3.29. The minimum absolute atomic E-state index is 0.0778. The van der Waals surface area contributed by atoms with E-state index < -0.39 is 0 Å². The zero-order valence-electron chi connectivity index (χ0n) is 17.6. The lowest BCUT2D eigenvalue weighted by Gasteiger charge is -2.26. The highest BCUT2D eigenvalue weighted by Gasteiger charge is 2.10. The predicted octanol–water partition coefficient (Wildman–Crippen LogP) is 3.47. The van der Waals surface area contributed by atoms with Gasteiger partial charge in [-0.2, -0.15) is 0 Å². The molecular weight excluding hydrogens is 396 g/mol. The molecular formula is C24H31ClN4O. The zero-order valence-corrected chi connectivity index (χ0v) is 18.4. The molecule has 0 unspecified atom stereocenters. The lowest BCUT2D eigenvalue weighted by molar-refractivity contribution is 0.0946. The van der Waals surface area contributed by atoms with Crippen molar-refractivity contribution in [1.29, 1.82) is 0 Å². The van der Waals surface area contributed by atoms with Crippen molar-refractivity contribution in [2.45, 2.75) is 32.6 Å². The predicted molar refractivity (Wildman–Crippen MR) is 125 cm³/mol. The number of nitrogens with two attached hydrogens (primary N) is 2. The Morgan fingerprint density at radius 1 is 1.23 bits per heavy atom. The maximum Gasteiger partial charge on any atom is 0.251 e. The number of amides is 1. The van der Waals surface area contributed by atoms with Crippen LogP contribution in [-0.4, -0.2) is 37.0 Å². The second-order valence-corrected chi connectivity index (χ2v) is 7.77. The van der Waals surface area contributed by atoms with E-state index in [1.54, 1.807) is 30.3 Å². The molecule has 0 atom stereocenters. The number of nitrogens with one attached hydrogen (secondary N) is 1. The topological polar surface area (TPSA) is 84.4 Å². The van der Waals surface area contributed by atoms with Gasteiger partial charge in [0.05, 0.1) is 5.57 Å². The van der Waals surface area contributed by atoms with Gasteiger partial charge in [-0.05, 0) is 68.3 Å². The van der Waals surface area contributed by atoms with Gasteiger partial charge in [0.15, 0.2) is 0 Å². The molecule has 1 saturated heterocycles. The molecule has 2 rings (SSSR count). The highest BCUT2D eigenvalue weighted by molar-refractivity contribution is 6.29. The zero-order chi connectivity index (χ0) is 21.9. The molecule has 1 aromatic carbocycles. The number of halogens is 1. The van der Waals surface area contributed by atoms with Crippen LogP contribution in [-0.2, 0) is 0 Å². The van der Waals surface area contributed by atoms with Crippen molar-refractivity contribution in [3.63, 3.8) is 0 Å². The molecule has 5 N–H and O–H groups in total. The molecule has 30 heavy (non-hydrogen) atoms. The smallest absolute Gasteiger partial charge is 0.251 e. The highest BCUT2D eigenvalue weighted by atomic mass is 35.5. The van der Waals surface area contributed by atoms with E-state index in [0.717, 1.165) is 25.2 Å². The number of allylic oxidation sites excluding steroid dienone is 4. The maximum absolute atomic E-state index is 12.3. The first-order valence-electron chi connectivity index (χ1n) is 10.3. The van der Waals surface area contributed by atoms with Crippen LogP contribution in [0.4, 0.5) is 0 Å². The minimum atomic E-state index is -0.0778. The molecule has 0 saturated carbocycles. The van der Waals surface area contributed by atoms with E-state index in [2.05, 4.69) is 28.6 Å². The van der Waals surface area contributed by atoms with Crippen molar-refractivity contribution in [3.8, 4) is 11.8 Å². The fourth-order valence-electron chi connectivity index (χ4n) is 3.15. The lowest BCUT2D eigenvalue weighted by Crippen LogP contribution is -2.37. The Balaban J connectivity index is 1.95. The van der Waals surface area contributed by atoms with Crippen molar-refractivity contribution in [3.05, 3.63) is 70.0 Å². The van der Waals surface area contributed by atoms with Gasteiger partial charge in [0.25, 0.3) is 5.91 Å². The second-order valence-electron chi connectivity index (χ2n) is 7.29. The third-order valence-electron chi connectivity index (χ3n) is 4.92. The molecule has 0 radical (unpaired) electrons. The molecule has 1 amide bonds. The summed E-state index contributed by atoms with van der Waals surface area (Å²) in [6, 6.07) is 7.12. The third-order valence-corrected chi connectivity index (χ3v) is 5.30. The van der Waals surface area contributed by atoms with E-state index >= 15 is 0 Å². The highest BCUT2D eigenvalue weighted by Crippen LogP contribution is 2.16. The fraction of sp³-hybridized carbons (Fsp3) is 0.375. The summed E-state index contributed by atoms with van der Waals surface area (Å²) in [5.41, 5.74) is 13.9. The van der Waals surface area contributed by atoms with Gasteiger partial charge < -0.3 is 21.7 Å². The molecule has 1 aromatic rings. The average Bonchev–Trinajstić information content (AvgIpc) is 2.74. The van der Waals surface area contributed by atoms with E-state index in [0.29, 0.717) is 34.7 Å². The first kappa shape index (κ1) is 23.6. The first-order valence-corrected chi connectivity index (χ1v) is 10.7. The van der Waals surface area contributed by atoms with Gasteiger partial charge in [-0.3, -0.25) is 4.79 Å². The summed E-state index contributed by atoms with van der Waals surface area (Å²) in [4.78, 5) is 14.7. The number of nitrogens with zero attached hydrogens (tertiary/aromatic N) is 1. The van der Waals surface area contributed by atoms with Gasteiger partial charge in [0, 0.05) is 29.2 Å². The number of carbonyl (C=O) groups is 1. The van der Waals surface area contributed by atoms with E-state index in [1.165, 1.54) is 19.3 Å². The second kappa shape index (κ2) is 12.1. The van der Waals surface area contributed by atoms with Gasteiger partial charge in [0.1, 0.15) is 5.82 Å². The Bertz CT molecular complexity index is 865. The Labute approximate surface area is 184 Å². The molecule has 1 aliphatic heterocycles. The summed E-state index contributed by atoms with van der Waals surface area (Å²) in [6.45, 7) is 9.68. The van der Waals surface area contributed by atoms with Crippen LogP contribution in [0.5, 0.6) is 0 Å². The van der Waals surface area contributed by atoms with Crippen LogP contribution in [0, 0.1) is 11.8 Å². The van der Waals surface area contributed by atoms with E-state index in [4.69, 9.17) is 23.1 Å². The van der Waals surface area contributed by atoms with Crippen LogP contribution in [0.15, 0.2) is 58.9 Å². The Morgan fingerprint density at radius 3 is 2.50 bits per heavy atom. The normalized spacial score (nSPS) is 14.4. The molecule has 0 bridgehead atoms. The molecule has 0 aliphatic carbocycles. The summed E-state index contributed by atoms with van der Waals surface area (Å²) in [5.74, 6) is 5.98. The molecule has 1 aliphatic rings. The van der Waals surface area contributed by atoms with Crippen molar-refractivity contribution < 1.29 is 4.79 Å². The van der Waals surface area contributed by atoms with Crippen molar-refractivity contribution in [1.82, 2.24) is 10.2 Å². The van der Waals surface area contributed by atoms with Gasteiger partial charge in [-0.25, -0.2) is 0 Å². The van der Waals surface area contributed by atoms with Crippen molar-refractivity contribution in [2.24, 2.45) is 11.5 Å². The number of carbonyl (C=O) groups excluding carboxylic acids is 1. The molecule has 6 heteroatoms. The maximum atomic E-state index is 12.3. The van der Waals surface area contributed by atoms with E-state index in [1.807, 2.05) is 6.92 Å². The summed E-state index contributed by atoms with van der Waals surface area (Å²) in [7, 11) is 0. The number of hydrogen-bond donors (Lipinski definition) is 3. The summed E-state index contributed by atoms with van der Waals surface area (Å²) < 4.78 is 0. The molecule has 1 fully saturated rings. The quantitative estimate of drug-likeness (QED) is 0.460. The van der Waals surface area contributed by atoms with E-state index in [-0.39, 0.29) is 11.7 Å². The number of piperidine rings is 1. The molecule has 5 nitrogen and oxygen atoms in total. The largest absolute Gasteiger partial charge is 0.385 e. The van der Waals surface area contributed by atoms with Crippen LogP contribution < -0.4 is 16.8 Å². The Kier molecular flexibility index (Phi) is 9.53. The number of hydrogen-bond acceptors (Lipinski definition) is 4. The Hall–Kier alpha value is -2.68. The lowest BCUT2D eigenvalue weighted by atomic mass is 10.1. The van der Waals surface area contributed by atoms with Gasteiger partial charge in [0.2, 0.25) is 0 Å². The molecule has 1 heterocycles. The molecule has 0 aromatic heterocycles. The SMILES string of the molecule is C=C(/C=C(/Cl)CC)C(C#Cc1ccc(C(=O)NCCN2CCCCC2)cc1)=C(N)N. The van der Waals surface area contributed by atoms with Crippen molar-refractivity contribution in [2.75, 3.05) is 26.2 Å². The van der Waals surface area contributed by atoms with Crippen LogP contribution in [0.25, 0.3) is 0 Å². The van der Waals surface area contributed by atoms with Gasteiger partial charge in [-0.1, -0.05) is 43.4 Å². The number of benzene rings is 1. The third kappa shape index (κ3) is 7.62. The molecule has 160 valence electrons. The van der Waals surface area contributed by atoms with Crippen LogP contribution in [0.3, 0.4) is 0 Å². The summed E-state index contributed by atoms with van der Waals surface area (Å²) in [5, 5.41) is 3.63. The van der Waals surface area contributed by atoms with Crippen LogP contribution in [0.1, 0.15) is 48.5 Å². The minimum Gasteiger partial charge on any atom is -0.385 e. The Morgan fingerprint density at radius 2 is 1.90 bits per heavy atom. The number of likely N-dealkylation sites (tertiary alicyclic amines) is 1. The summed E-state index contributed by atoms with van der Waals surface area (Å²) >= 11 is 6.06. The van der Waals surface area contributed by atoms with Crippen molar-refractivity contribution >= 4 is 17.5 Å². The van der Waals surface area contributed by atoms with E-state index in [9.17, 15) is 4.79 Å². The van der Waals surface area contributed by atoms with Gasteiger partial charge in [-0.15, -0.1) is 0 Å². The molecule has 0 spiro atoms. The summed E-state index contributed by atoms with van der Waals surface area (Å²) in [6.07, 6.45) is 6.21. The first-order chi connectivity index (χ1) is 14.4. The van der Waals surface area contributed by atoms with Gasteiger partial charge >= 0.3 is 0 Å². The standard InChI is InChI=1S/C24H31ClN4O/c1-3-21(25)17-18(2)22(23(26)27)12-9-19-7-10-20(11-8-19)24(30)28-13-16-29-14-5-4-6-15-29/h7-8,10-11,17H,2-6,13-16,26-27H2,1H3,(H,28,30)/b21-17+. The average molecular weight is 427 g/mol. The monoisotopic (exact) mass is 426 g/mol. The van der Waals surface area contributed by atoms with Crippen LogP contribution in [0.2, 0.25) is 0 Å².